The van der Waals surface area contributed by atoms with Crippen LogP contribution < -0.4 is 14.4 Å². The van der Waals surface area contributed by atoms with Crippen molar-refractivity contribution in [1.82, 2.24) is 5.32 Å². The average molecular weight is 489 g/mol. The van der Waals surface area contributed by atoms with Gasteiger partial charge in [0.25, 0.3) is 10.0 Å². The van der Waals surface area contributed by atoms with Crippen molar-refractivity contribution < 1.29 is 23.1 Å². The lowest BCUT2D eigenvalue weighted by Gasteiger charge is -2.26. The maximum Gasteiger partial charge on any atom is 0.264 e. The van der Waals surface area contributed by atoms with Gasteiger partial charge in [0.05, 0.1) is 24.3 Å². The Hall–Kier alpha value is -3.07. The molecule has 0 radical (unpaired) electrons. The molecule has 7 nitrogen and oxygen atoms in total. The number of hydrogen-bond acceptors (Lipinski definition) is 5. The summed E-state index contributed by atoms with van der Waals surface area (Å²) in [5.41, 5.74) is 2.28. The van der Waals surface area contributed by atoms with Gasteiger partial charge in [-0.1, -0.05) is 41.9 Å². The normalized spacial score (nSPS) is 11.2. The zero-order valence-corrected chi connectivity index (χ0v) is 19.9. The van der Waals surface area contributed by atoms with Crippen molar-refractivity contribution in [1.29, 1.82) is 0 Å². The molecular formula is C24H25ClN2O5S. The van der Waals surface area contributed by atoms with Crippen LogP contribution in [0.2, 0.25) is 5.02 Å². The molecule has 0 aliphatic rings. The number of methoxy groups -OCH3 is 1. The van der Waals surface area contributed by atoms with E-state index in [0.29, 0.717) is 27.6 Å². The van der Waals surface area contributed by atoms with E-state index in [-0.39, 0.29) is 18.0 Å². The third-order valence-corrected chi connectivity index (χ3v) is 7.32. The van der Waals surface area contributed by atoms with Crippen molar-refractivity contribution in [2.24, 2.45) is 0 Å². The van der Waals surface area contributed by atoms with Crippen molar-refractivity contribution in [3.63, 3.8) is 0 Å². The second-order valence-electron chi connectivity index (χ2n) is 7.32. The molecule has 0 aromatic heterocycles. The minimum Gasteiger partial charge on any atom is -0.497 e. The number of aliphatic hydroxyl groups is 1. The predicted octanol–water partition coefficient (Wildman–Crippen LogP) is 3.66. The number of sulfonamides is 1. The molecule has 0 unspecified atom stereocenters. The molecular weight excluding hydrogens is 464 g/mol. The Morgan fingerprint density at radius 3 is 2.27 bits per heavy atom. The molecule has 0 saturated carbocycles. The lowest BCUT2D eigenvalue weighted by Crippen LogP contribution is -2.41. The Morgan fingerprint density at radius 1 is 1.03 bits per heavy atom. The SMILES string of the molecule is COc1ccc(CNC(=O)CN(c2cccc(Cl)c2C)S(=O)(=O)c2ccc(CO)cc2)cc1. The number of benzene rings is 3. The zero-order valence-electron chi connectivity index (χ0n) is 18.3. The number of amides is 1. The molecule has 3 aromatic carbocycles. The zero-order chi connectivity index (χ0) is 24.0. The van der Waals surface area contributed by atoms with Gasteiger partial charge in [0.1, 0.15) is 12.3 Å². The van der Waals surface area contributed by atoms with Gasteiger partial charge in [-0.2, -0.15) is 0 Å². The topological polar surface area (TPSA) is 95.9 Å². The molecule has 33 heavy (non-hydrogen) atoms. The van der Waals surface area contributed by atoms with Crippen LogP contribution in [-0.4, -0.2) is 33.1 Å². The molecule has 1 amide bonds. The number of ether oxygens (including phenoxy) is 1. The Kier molecular flexibility index (Phi) is 7.97. The van der Waals surface area contributed by atoms with E-state index < -0.39 is 22.5 Å². The van der Waals surface area contributed by atoms with Crippen molar-refractivity contribution >= 4 is 33.2 Å². The highest BCUT2D eigenvalue weighted by Crippen LogP contribution is 2.31. The highest BCUT2D eigenvalue weighted by atomic mass is 35.5. The molecule has 0 aliphatic carbocycles. The number of nitrogens with zero attached hydrogens (tertiary/aromatic N) is 1. The standard InChI is InChI=1S/C24H25ClN2O5S/c1-17-22(25)4-3-5-23(17)27(33(30,31)21-12-8-19(16-28)9-13-21)15-24(29)26-14-18-6-10-20(32-2)11-7-18/h3-13,28H,14-16H2,1-2H3,(H,26,29). The van der Waals surface area contributed by atoms with E-state index in [0.717, 1.165) is 9.87 Å². The predicted molar refractivity (Wildman–Crippen MR) is 128 cm³/mol. The van der Waals surface area contributed by atoms with E-state index in [1.165, 1.54) is 24.3 Å². The van der Waals surface area contributed by atoms with Crippen molar-refractivity contribution in [3.05, 3.63) is 88.4 Å². The van der Waals surface area contributed by atoms with Crippen LogP contribution >= 0.6 is 11.6 Å². The monoisotopic (exact) mass is 488 g/mol. The number of halogens is 1. The fraction of sp³-hybridized carbons (Fsp3) is 0.208. The molecule has 0 saturated heterocycles. The number of carbonyl (C=O) groups is 1. The molecule has 0 heterocycles. The molecule has 174 valence electrons. The van der Waals surface area contributed by atoms with Gasteiger partial charge >= 0.3 is 0 Å². The highest BCUT2D eigenvalue weighted by Gasteiger charge is 2.28. The molecule has 9 heteroatoms. The minimum absolute atomic E-state index is 0.00188. The molecule has 0 atom stereocenters. The van der Waals surface area contributed by atoms with E-state index in [9.17, 15) is 18.3 Å². The summed E-state index contributed by atoms with van der Waals surface area (Å²) >= 11 is 6.24. The summed E-state index contributed by atoms with van der Waals surface area (Å²) in [7, 11) is -2.52. The van der Waals surface area contributed by atoms with Crippen molar-refractivity contribution in [2.75, 3.05) is 18.0 Å². The molecule has 3 rings (SSSR count). The summed E-state index contributed by atoms with van der Waals surface area (Å²) < 4.78 is 33.2. The van der Waals surface area contributed by atoms with Crippen LogP contribution in [0.1, 0.15) is 16.7 Å². The maximum absolute atomic E-state index is 13.5. The van der Waals surface area contributed by atoms with Gasteiger partial charge in [-0.3, -0.25) is 9.10 Å². The van der Waals surface area contributed by atoms with Gasteiger partial charge in [-0.15, -0.1) is 0 Å². The molecule has 0 bridgehead atoms. The lowest BCUT2D eigenvalue weighted by atomic mass is 10.2. The van der Waals surface area contributed by atoms with E-state index in [2.05, 4.69) is 5.32 Å². The molecule has 3 aromatic rings. The summed E-state index contributed by atoms with van der Waals surface area (Å²) in [5, 5.41) is 12.4. The van der Waals surface area contributed by atoms with E-state index in [1.54, 1.807) is 44.4 Å². The Labute approximate surface area is 198 Å². The van der Waals surface area contributed by atoms with Gasteiger partial charge in [0.15, 0.2) is 0 Å². The number of anilines is 1. The maximum atomic E-state index is 13.5. The van der Waals surface area contributed by atoms with Crippen molar-refractivity contribution in [2.45, 2.75) is 25.0 Å². The number of rotatable bonds is 9. The second kappa shape index (κ2) is 10.7. The Balaban J connectivity index is 1.88. The van der Waals surface area contributed by atoms with E-state index >= 15 is 0 Å². The third kappa shape index (κ3) is 5.84. The van der Waals surface area contributed by atoms with Crippen LogP contribution in [0.4, 0.5) is 5.69 Å². The van der Waals surface area contributed by atoms with Crippen LogP contribution in [0.15, 0.2) is 71.6 Å². The second-order valence-corrected chi connectivity index (χ2v) is 9.59. The number of aliphatic hydroxyl groups excluding tert-OH is 1. The number of hydrogen-bond donors (Lipinski definition) is 2. The summed E-state index contributed by atoms with van der Waals surface area (Å²) in [6.45, 7) is 1.30. The minimum atomic E-state index is -4.09. The first-order chi connectivity index (χ1) is 15.8. The summed E-state index contributed by atoms with van der Waals surface area (Å²) in [5.74, 6) is 0.228. The summed E-state index contributed by atoms with van der Waals surface area (Å²) in [6, 6.07) is 18.0. The quantitative estimate of drug-likeness (QED) is 0.479. The van der Waals surface area contributed by atoms with Gasteiger partial charge in [-0.25, -0.2) is 8.42 Å². The third-order valence-electron chi connectivity index (χ3n) is 5.14. The number of nitrogens with one attached hydrogen (secondary N) is 1. The summed E-state index contributed by atoms with van der Waals surface area (Å²) in [4.78, 5) is 12.8. The molecule has 0 spiro atoms. The molecule has 0 aliphatic heterocycles. The molecule has 2 N–H and O–H groups in total. The fourth-order valence-electron chi connectivity index (χ4n) is 3.19. The Bertz CT molecular complexity index is 1210. The smallest absolute Gasteiger partial charge is 0.264 e. The first-order valence-electron chi connectivity index (χ1n) is 10.1. The average Bonchev–Trinajstić information content (AvgIpc) is 2.83. The van der Waals surface area contributed by atoms with Gasteiger partial charge in [0, 0.05) is 11.6 Å². The fourth-order valence-corrected chi connectivity index (χ4v) is 4.84. The van der Waals surface area contributed by atoms with E-state index in [4.69, 9.17) is 16.3 Å². The van der Waals surface area contributed by atoms with Crippen LogP contribution in [0.5, 0.6) is 5.75 Å². The van der Waals surface area contributed by atoms with Gasteiger partial charge in [0.2, 0.25) is 5.91 Å². The van der Waals surface area contributed by atoms with Gasteiger partial charge in [-0.05, 0) is 60.0 Å². The van der Waals surface area contributed by atoms with Crippen molar-refractivity contribution in [3.8, 4) is 5.75 Å². The van der Waals surface area contributed by atoms with Gasteiger partial charge < -0.3 is 15.2 Å². The summed E-state index contributed by atoms with van der Waals surface area (Å²) in [6.07, 6.45) is 0. The first kappa shape index (κ1) is 24.6. The first-order valence-corrected chi connectivity index (χ1v) is 12.0. The molecule has 0 fully saturated rings. The number of carbonyl (C=O) groups excluding carboxylic acids is 1. The van der Waals surface area contributed by atoms with Crippen LogP contribution in [-0.2, 0) is 28.0 Å². The largest absolute Gasteiger partial charge is 0.497 e. The van der Waals surface area contributed by atoms with Crippen LogP contribution in [0.25, 0.3) is 0 Å². The highest BCUT2D eigenvalue weighted by molar-refractivity contribution is 7.92. The lowest BCUT2D eigenvalue weighted by molar-refractivity contribution is -0.119. The van der Waals surface area contributed by atoms with Crippen LogP contribution in [0.3, 0.4) is 0 Å². The van der Waals surface area contributed by atoms with Crippen LogP contribution in [0, 0.1) is 6.92 Å². The Morgan fingerprint density at radius 2 is 1.67 bits per heavy atom. The van der Waals surface area contributed by atoms with E-state index in [1.807, 2.05) is 12.1 Å².